The Bertz CT molecular complexity index is 611. The number of rotatable bonds is 3. The molecule has 0 aliphatic carbocycles. The molecule has 0 aliphatic rings. The van der Waals surface area contributed by atoms with Gasteiger partial charge in [0, 0.05) is 11.8 Å². The summed E-state index contributed by atoms with van der Waals surface area (Å²) in [6.07, 6.45) is 3.10. The summed E-state index contributed by atoms with van der Waals surface area (Å²) < 4.78 is 12.9. The van der Waals surface area contributed by atoms with E-state index in [-0.39, 0.29) is 10.9 Å². The zero-order chi connectivity index (χ0) is 13.7. The smallest absolute Gasteiger partial charge is 0.248 e. The van der Waals surface area contributed by atoms with Crippen molar-refractivity contribution in [2.24, 2.45) is 0 Å². The fraction of sp³-hybridized carbons (Fsp3) is 0. The SMILES string of the molecule is O=C(C=Cc1ccccc1)Nc1ccc(F)c(Cl)c1. The van der Waals surface area contributed by atoms with Crippen LogP contribution in [0.2, 0.25) is 5.02 Å². The van der Waals surface area contributed by atoms with Gasteiger partial charge in [-0.2, -0.15) is 0 Å². The predicted octanol–water partition coefficient (Wildman–Crippen LogP) is 4.13. The van der Waals surface area contributed by atoms with Gasteiger partial charge in [-0.05, 0) is 29.8 Å². The van der Waals surface area contributed by atoms with Gasteiger partial charge in [0.25, 0.3) is 0 Å². The van der Waals surface area contributed by atoms with Crippen molar-refractivity contribution in [3.05, 3.63) is 71.0 Å². The first-order chi connectivity index (χ1) is 9.15. The van der Waals surface area contributed by atoms with E-state index < -0.39 is 5.82 Å². The van der Waals surface area contributed by atoms with Crippen LogP contribution in [0.4, 0.5) is 10.1 Å². The van der Waals surface area contributed by atoms with Gasteiger partial charge in [0.2, 0.25) is 5.91 Å². The summed E-state index contributed by atoms with van der Waals surface area (Å²) in [7, 11) is 0. The highest BCUT2D eigenvalue weighted by atomic mass is 35.5. The number of carbonyl (C=O) groups excluding carboxylic acids is 1. The zero-order valence-electron chi connectivity index (χ0n) is 9.94. The topological polar surface area (TPSA) is 29.1 Å². The molecular formula is C15H11ClFNO. The average Bonchev–Trinajstić information content (AvgIpc) is 2.42. The lowest BCUT2D eigenvalue weighted by atomic mass is 10.2. The van der Waals surface area contributed by atoms with Crippen LogP contribution >= 0.6 is 11.6 Å². The highest BCUT2D eigenvalue weighted by Crippen LogP contribution is 2.19. The maximum absolute atomic E-state index is 12.9. The summed E-state index contributed by atoms with van der Waals surface area (Å²) in [4.78, 5) is 11.6. The Morgan fingerprint density at radius 1 is 1.16 bits per heavy atom. The fourth-order valence-electron chi connectivity index (χ4n) is 1.49. The van der Waals surface area contributed by atoms with Gasteiger partial charge >= 0.3 is 0 Å². The molecule has 2 nitrogen and oxygen atoms in total. The molecule has 0 unspecified atom stereocenters. The molecule has 1 amide bonds. The number of amides is 1. The summed E-state index contributed by atoms with van der Waals surface area (Å²) in [5.41, 5.74) is 1.38. The summed E-state index contributed by atoms with van der Waals surface area (Å²) in [6.45, 7) is 0. The van der Waals surface area contributed by atoms with Crippen LogP contribution in [-0.4, -0.2) is 5.91 Å². The van der Waals surface area contributed by atoms with Crippen LogP contribution in [0.25, 0.3) is 6.08 Å². The Labute approximate surface area is 115 Å². The third kappa shape index (κ3) is 3.93. The van der Waals surface area contributed by atoms with Gasteiger partial charge in [-0.1, -0.05) is 41.9 Å². The van der Waals surface area contributed by atoms with Crippen LogP contribution in [0.15, 0.2) is 54.6 Å². The van der Waals surface area contributed by atoms with Crippen LogP contribution in [-0.2, 0) is 4.79 Å². The Hall–Kier alpha value is -2.13. The largest absolute Gasteiger partial charge is 0.322 e. The van der Waals surface area contributed by atoms with Crippen molar-refractivity contribution in [3.8, 4) is 0 Å². The van der Waals surface area contributed by atoms with E-state index in [9.17, 15) is 9.18 Å². The molecule has 4 heteroatoms. The molecule has 0 fully saturated rings. The third-order valence-corrected chi connectivity index (χ3v) is 2.70. The monoisotopic (exact) mass is 275 g/mol. The van der Waals surface area contributed by atoms with Gasteiger partial charge in [-0.15, -0.1) is 0 Å². The summed E-state index contributed by atoms with van der Waals surface area (Å²) in [5.74, 6) is -0.814. The first kappa shape index (κ1) is 13.3. The number of carbonyl (C=O) groups is 1. The maximum Gasteiger partial charge on any atom is 0.248 e. The molecule has 0 radical (unpaired) electrons. The van der Waals surface area contributed by atoms with Crippen LogP contribution < -0.4 is 5.32 Å². The first-order valence-electron chi connectivity index (χ1n) is 5.64. The molecule has 19 heavy (non-hydrogen) atoms. The second kappa shape index (κ2) is 6.16. The van der Waals surface area contributed by atoms with E-state index in [4.69, 9.17) is 11.6 Å². The minimum absolute atomic E-state index is 0.0233. The van der Waals surface area contributed by atoms with Gasteiger partial charge in [-0.3, -0.25) is 4.79 Å². The molecule has 1 N–H and O–H groups in total. The lowest BCUT2D eigenvalue weighted by molar-refractivity contribution is -0.111. The second-order valence-electron chi connectivity index (χ2n) is 3.86. The van der Waals surface area contributed by atoms with Crippen LogP contribution in [0.5, 0.6) is 0 Å². The Morgan fingerprint density at radius 3 is 2.58 bits per heavy atom. The van der Waals surface area contributed by atoms with Gasteiger partial charge in [0.05, 0.1) is 5.02 Å². The number of hydrogen-bond donors (Lipinski definition) is 1. The predicted molar refractivity (Wildman–Crippen MR) is 75.5 cm³/mol. The van der Waals surface area contributed by atoms with E-state index >= 15 is 0 Å². The quantitative estimate of drug-likeness (QED) is 0.839. The Kier molecular flexibility index (Phi) is 4.31. The van der Waals surface area contributed by atoms with E-state index in [1.807, 2.05) is 30.3 Å². The van der Waals surface area contributed by atoms with Gasteiger partial charge in [0.1, 0.15) is 5.82 Å². The van der Waals surface area contributed by atoms with E-state index in [0.29, 0.717) is 5.69 Å². The summed E-state index contributed by atoms with van der Waals surface area (Å²) in [6, 6.07) is 13.5. The first-order valence-corrected chi connectivity index (χ1v) is 6.02. The van der Waals surface area contributed by atoms with Crippen molar-refractivity contribution in [1.82, 2.24) is 0 Å². The van der Waals surface area contributed by atoms with Crippen molar-refractivity contribution in [2.45, 2.75) is 0 Å². The molecule has 2 aromatic carbocycles. The summed E-state index contributed by atoms with van der Waals surface area (Å²) >= 11 is 5.63. The molecule has 0 bridgehead atoms. The number of hydrogen-bond acceptors (Lipinski definition) is 1. The summed E-state index contributed by atoms with van der Waals surface area (Å²) in [5, 5.41) is 2.58. The minimum atomic E-state index is -0.514. The van der Waals surface area contributed by atoms with Crippen molar-refractivity contribution >= 4 is 29.3 Å². The van der Waals surface area contributed by atoms with E-state index in [1.165, 1.54) is 24.3 Å². The fourth-order valence-corrected chi connectivity index (χ4v) is 1.67. The highest BCUT2D eigenvalue weighted by Gasteiger charge is 2.02. The van der Waals surface area contributed by atoms with Crippen LogP contribution in [0.1, 0.15) is 5.56 Å². The Balaban J connectivity index is 2.01. The average molecular weight is 276 g/mol. The maximum atomic E-state index is 12.9. The molecule has 0 aromatic heterocycles. The molecule has 0 saturated heterocycles. The lowest BCUT2D eigenvalue weighted by Gasteiger charge is -2.03. The van der Waals surface area contributed by atoms with Gasteiger partial charge in [-0.25, -0.2) is 4.39 Å². The molecule has 0 spiro atoms. The number of halogens is 2. The Morgan fingerprint density at radius 2 is 1.89 bits per heavy atom. The van der Waals surface area contributed by atoms with Crippen molar-refractivity contribution < 1.29 is 9.18 Å². The second-order valence-corrected chi connectivity index (χ2v) is 4.27. The molecule has 96 valence electrons. The molecule has 0 atom stereocenters. The van der Waals surface area contributed by atoms with Gasteiger partial charge < -0.3 is 5.32 Å². The van der Waals surface area contributed by atoms with Crippen molar-refractivity contribution in [1.29, 1.82) is 0 Å². The number of nitrogens with one attached hydrogen (secondary N) is 1. The standard InChI is InChI=1S/C15H11ClFNO/c16-13-10-12(7-8-14(13)17)18-15(19)9-6-11-4-2-1-3-5-11/h1-10H,(H,18,19). The van der Waals surface area contributed by atoms with E-state index in [2.05, 4.69) is 5.32 Å². The molecule has 2 rings (SSSR count). The van der Waals surface area contributed by atoms with E-state index in [0.717, 1.165) is 5.56 Å². The van der Waals surface area contributed by atoms with Crippen molar-refractivity contribution in [3.63, 3.8) is 0 Å². The molecule has 0 saturated carbocycles. The van der Waals surface area contributed by atoms with Crippen LogP contribution in [0, 0.1) is 5.82 Å². The zero-order valence-corrected chi connectivity index (χ0v) is 10.7. The van der Waals surface area contributed by atoms with Crippen molar-refractivity contribution in [2.75, 3.05) is 5.32 Å². The number of benzene rings is 2. The minimum Gasteiger partial charge on any atom is -0.322 e. The normalized spacial score (nSPS) is 10.6. The molecule has 0 heterocycles. The molecule has 0 aliphatic heterocycles. The number of anilines is 1. The third-order valence-electron chi connectivity index (χ3n) is 2.41. The lowest BCUT2D eigenvalue weighted by Crippen LogP contribution is -2.07. The van der Waals surface area contributed by atoms with E-state index in [1.54, 1.807) is 6.08 Å². The molecule has 2 aromatic rings. The van der Waals surface area contributed by atoms with Gasteiger partial charge in [0.15, 0.2) is 0 Å². The highest BCUT2D eigenvalue weighted by molar-refractivity contribution is 6.31. The van der Waals surface area contributed by atoms with Crippen LogP contribution in [0.3, 0.4) is 0 Å². The molecular weight excluding hydrogens is 265 g/mol.